The average molecular weight is 364 g/mol. The fourth-order valence-electron chi connectivity index (χ4n) is 1.83. The molecule has 6 heteroatoms. The molecule has 4 nitrogen and oxygen atoms in total. The molecule has 0 fully saturated rings. The number of carbonyl (C=O) groups is 2. The Morgan fingerprint density at radius 2 is 1.83 bits per heavy atom. The highest BCUT2D eigenvalue weighted by Gasteiger charge is 2.16. The molecule has 0 heterocycles. The maximum atomic E-state index is 12.0. The van der Waals surface area contributed by atoms with Crippen molar-refractivity contribution in [2.24, 2.45) is 0 Å². The standard InChI is InChI=1S/C18H15Cl2NO3/c1-12(18(23)21-15-5-3-2-4-6-15)24-17(22)10-8-13-7-9-14(19)11-16(13)20/h2-12H,1H3,(H,21,23)/b10-8+/t12-/m1/s1. The van der Waals surface area contributed by atoms with Gasteiger partial charge in [0.2, 0.25) is 0 Å². The summed E-state index contributed by atoms with van der Waals surface area (Å²) in [6, 6.07) is 13.8. The predicted molar refractivity (Wildman–Crippen MR) is 96.1 cm³/mol. The molecule has 0 aliphatic rings. The van der Waals surface area contributed by atoms with Crippen molar-refractivity contribution in [3.8, 4) is 0 Å². The van der Waals surface area contributed by atoms with Crippen molar-refractivity contribution in [1.29, 1.82) is 0 Å². The second kappa shape index (κ2) is 8.52. The van der Waals surface area contributed by atoms with Crippen LogP contribution in [0, 0.1) is 0 Å². The summed E-state index contributed by atoms with van der Waals surface area (Å²) >= 11 is 11.8. The highest BCUT2D eigenvalue weighted by atomic mass is 35.5. The van der Waals surface area contributed by atoms with Crippen molar-refractivity contribution in [3.63, 3.8) is 0 Å². The molecule has 2 aromatic rings. The van der Waals surface area contributed by atoms with Crippen molar-refractivity contribution >= 4 is 46.8 Å². The predicted octanol–water partition coefficient (Wildman–Crippen LogP) is 4.58. The first kappa shape index (κ1) is 18.0. The summed E-state index contributed by atoms with van der Waals surface area (Å²) in [6.07, 6.45) is 1.78. The zero-order valence-electron chi connectivity index (χ0n) is 12.8. The summed E-state index contributed by atoms with van der Waals surface area (Å²) in [5.41, 5.74) is 1.26. The number of halogens is 2. The van der Waals surface area contributed by atoms with Crippen molar-refractivity contribution in [3.05, 3.63) is 70.2 Å². The van der Waals surface area contributed by atoms with Crippen LogP contribution >= 0.6 is 23.2 Å². The van der Waals surface area contributed by atoms with Crippen LogP contribution in [-0.4, -0.2) is 18.0 Å². The number of hydrogen-bond donors (Lipinski definition) is 1. The molecular formula is C18H15Cl2NO3. The quantitative estimate of drug-likeness (QED) is 0.624. The highest BCUT2D eigenvalue weighted by molar-refractivity contribution is 6.35. The van der Waals surface area contributed by atoms with Gasteiger partial charge < -0.3 is 10.1 Å². The van der Waals surface area contributed by atoms with E-state index in [4.69, 9.17) is 27.9 Å². The molecule has 0 aliphatic heterocycles. The van der Waals surface area contributed by atoms with Crippen LogP contribution < -0.4 is 5.32 Å². The second-order valence-electron chi connectivity index (χ2n) is 4.93. The van der Waals surface area contributed by atoms with Gasteiger partial charge in [0, 0.05) is 21.8 Å². The van der Waals surface area contributed by atoms with E-state index in [2.05, 4.69) is 5.32 Å². The number of para-hydroxylation sites is 1. The fraction of sp³-hybridized carbons (Fsp3) is 0.111. The van der Waals surface area contributed by atoms with Crippen molar-refractivity contribution in [2.75, 3.05) is 5.32 Å². The van der Waals surface area contributed by atoms with Gasteiger partial charge in [0.1, 0.15) is 0 Å². The van der Waals surface area contributed by atoms with Crippen LogP contribution in [0.2, 0.25) is 10.0 Å². The molecule has 0 radical (unpaired) electrons. The Bertz CT molecular complexity index is 760. The minimum atomic E-state index is -0.928. The van der Waals surface area contributed by atoms with Gasteiger partial charge in [-0.05, 0) is 42.8 Å². The van der Waals surface area contributed by atoms with Crippen LogP contribution in [0.5, 0.6) is 0 Å². The lowest BCUT2D eigenvalue weighted by Gasteiger charge is -2.12. The smallest absolute Gasteiger partial charge is 0.331 e. The summed E-state index contributed by atoms with van der Waals surface area (Å²) in [5.74, 6) is -1.05. The Morgan fingerprint density at radius 3 is 2.50 bits per heavy atom. The van der Waals surface area contributed by atoms with E-state index >= 15 is 0 Å². The Labute approximate surface area is 150 Å². The lowest BCUT2D eigenvalue weighted by molar-refractivity contribution is -0.148. The number of nitrogens with one attached hydrogen (secondary N) is 1. The van der Waals surface area contributed by atoms with Gasteiger partial charge in [0.25, 0.3) is 5.91 Å². The van der Waals surface area contributed by atoms with Crippen molar-refractivity contribution < 1.29 is 14.3 Å². The van der Waals surface area contributed by atoms with Crippen LogP contribution in [0.1, 0.15) is 12.5 Å². The van der Waals surface area contributed by atoms with Crippen LogP contribution in [0.25, 0.3) is 6.08 Å². The first-order valence-electron chi connectivity index (χ1n) is 7.15. The Balaban J connectivity index is 1.91. The maximum Gasteiger partial charge on any atom is 0.331 e. The summed E-state index contributed by atoms with van der Waals surface area (Å²) < 4.78 is 5.06. The van der Waals surface area contributed by atoms with E-state index in [1.165, 1.54) is 19.1 Å². The molecule has 1 N–H and O–H groups in total. The van der Waals surface area contributed by atoms with Gasteiger partial charge in [0.15, 0.2) is 6.10 Å². The molecule has 24 heavy (non-hydrogen) atoms. The SMILES string of the molecule is C[C@@H](OC(=O)/C=C/c1ccc(Cl)cc1Cl)C(=O)Nc1ccccc1. The topological polar surface area (TPSA) is 55.4 Å². The molecular weight excluding hydrogens is 349 g/mol. The molecule has 2 aromatic carbocycles. The molecule has 0 aliphatic carbocycles. The third kappa shape index (κ3) is 5.41. The van der Waals surface area contributed by atoms with E-state index in [9.17, 15) is 9.59 Å². The van der Waals surface area contributed by atoms with Gasteiger partial charge in [-0.15, -0.1) is 0 Å². The average Bonchev–Trinajstić information content (AvgIpc) is 2.55. The third-order valence-electron chi connectivity index (χ3n) is 3.06. The number of amides is 1. The number of carbonyl (C=O) groups excluding carboxylic acids is 2. The molecule has 124 valence electrons. The molecule has 0 aromatic heterocycles. The zero-order valence-corrected chi connectivity index (χ0v) is 14.3. The summed E-state index contributed by atoms with van der Waals surface area (Å²) in [4.78, 5) is 23.8. The van der Waals surface area contributed by atoms with E-state index in [0.717, 1.165) is 0 Å². The van der Waals surface area contributed by atoms with Gasteiger partial charge in [-0.1, -0.05) is 47.5 Å². The second-order valence-corrected chi connectivity index (χ2v) is 5.78. The first-order chi connectivity index (χ1) is 11.5. The van der Waals surface area contributed by atoms with E-state index in [0.29, 0.717) is 21.3 Å². The van der Waals surface area contributed by atoms with E-state index in [1.54, 1.807) is 42.5 Å². The van der Waals surface area contributed by atoms with Crippen LogP contribution in [0.15, 0.2) is 54.6 Å². The van der Waals surface area contributed by atoms with Gasteiger partial charge in [-0.3, -0.25) is 4.79 Å². The molecule has 0 spiro atoms. The lowest BCUT2D eigenvalue weighted by Crippen LogP contribution is -2.29. The molecule has 0 saturated heterocycles. The van der Waals surface area contributed by atoms with Crippen molar-refractivity contribution in [1.82, 2.24) is 0 Å². The Hall–Kier alpha value is -2.30. The number of rotatable bonds is 5. The number of ether oxygens (including phenoxy) is 1. The van der Waals surface area contributed by atoms with Crippen LogP contribution in [-0.2, 0) is 14.3 Å². The van der Waals surface area contributed by atoms with Crippen molar-refractivity contribution in [2.45, 2.75) is 13.0 Å². The normalized spacial score (nSPS) is 12.0. The van der Waals surface area contributed by atoms with Gasteiger partial charge in [0.05, 0.1) is 0 Å². The number of hydrogen-bond acceptors (Lipinski definition) is 3. The lowest BCUT2D eigenvalue weighted by atomic mass is 10.2. The zero-order chi connectivity index (χ0) is 17.5. The fourth-order valence-corrected chi connectivity index (χ4v) is 2.30. The molecule has 1 amide bonds. The number of esters is 1. The van der Waals surface area contributed by atoms with E-state index in [-0.39, 0.29) is 0 Å². The maximum absolute atomic E-state index is 12.0. The molecule has 0 saturated carbocycles. The molecule has 1 atom stereocenters. The monoisotopic (exact) mass is 363 g/mol. The minimum absolute atomic E-state index is 0.410. The van der Waals surface area contributed by atoms with Crippen LogP contribution in [0.4, 0.5) is 5.69 Å². The molecule has 0 unspecified atom stereocenters. The molecule has 0 bridgehead atoms. The Kier molecular flexibility index (Phi) is 6.41. The summed E-state index contributed by atoms with van der Waals surface area (Å²) in [7, 11) is 0. The van der Waals surface area contributed by atoms with E-state index in [1.807, 2.05) is 6.07 Å². The number of anilines is 1. The Morgan fingerprint density at radius 1 is 1.12 bits per heavy atom. The minimum Gasteiger partial charge on any atom is -0.449 e. The summed E-state index contributed by atoms with van der Waals surface area (Å²) in [5, 5.41) is 3.58. The largest absolute Gasteiger partial charge is 0.449 e. The van der Waals surface area contributed by atoms with Gasteiger partial charge in [-0.25, -0.2) is 4.79 Å². The van der Waals surface area contributed by atoms with Gasteiger partial charge in [-0.2, -0.15) is 0 Å². The third-order valence-corrected chi connectivity index (χ3v) is 3.63. The molecule has 2 rings (SSSR count). The number of benzene rings is 2. The highest BCUT2D eigenvalue weighted by Crippen LogP contribution is 2.22. The van der Waals surface area contributed by atoms with E-state index < -0.39 is 18.0 Å². The van der Waals surface area contributed by atoms with Gasteiger partial charge >= 0.3 is 5.97 Å². The van der Waals surface area contributed by atoms with Crippen LogP contribution in [0.3, 0.4) is 0 Å². The summed E-state index contributed by atoms with van der Waals surface area (Å²) in [6.45, 7) is 1.50. The first-order valence-corrected chi connectivity index (χ1v) is 7.91.